The Morgan fingerprint density at radius 1 is 1.13 bits per heavy atom. The molecule has 0 aliphatic heterocycles. The second-order valence-electron chi connectivity index (χ2n) is 7.83. The molecule has 31 heavy (non-hydrogen) atoms. The Bertz CT molecular complexity index is 971. The molecule has 2 aromatic rings. The van der Waals surface area contributed by atoms with Gasteiger partial charge in [-0.25, -0.2) is 13.9 Å². The summed E-state index contributed by atoms with van der Waals surface area (Å²) in [5.74, 6) is -1.05. The van der Waals surface area contributed by atoms with Gasteiger partial charge in [-0.05, 0) is 49.4 Å². The Labute approximate surface area is 183 Å². The van der Waals surface area contributed by atoms with E-state index in [2.05, 4.69) is 0 Å². The molecule has 0 bridgehead atoms. The van der Waals surface area contributed by atoms with E-state index in [0.29, 0.717) is 12.2 Å². The summed E-state index contributed by atoms with van der Waals surface area (Å²) in [6.45, 7) is 0. The Morgan fingerprint density at radius 2 is 1.84 bits per heavy atom. The first kappa shape index (κ1) is 23.2. The van der Waals surface area contributed by atoms with Crippen LogP contribution in [0.1, 0.15) is 44.1 Å². The Hall–Kier alpha value is -2.42. The van der Waals surface area contributed by atoms with Gasteiger partial charge in [0.25, 0.3) is 0 Å². The molecule has 0 saturated heterocycles. The van der Waals surface area contributed by atoms with Gasteiger partial charge in [0.2, 0.25) is 11.7 Å². The molecule has 2 aromatic carbocycles. The van der Waals surface area contributed by atoms with Crippen LogP contribution in [0.5, 0.6) is 5.75 Å². The summed E-state index contributed by atoms with van der Waals surface area (Å²) >= 11 is 0. The Kier molecular flexibility index (Phi) is 7.69. The monoisotopic (exact) mass is 447 g/mol. The lowest BCUT2D eigenvalue weighted by Gasteiger charge is -2.28. The molecule has 168 valence electrons. The van der Waals surface area contributed by atoms with Crippen LogP contribution in [0.4, 0.5) is 0 Å². The van der Waals surface area contributed by atoms with E-state index in [4.69, 9.17) is 14.7 Å². The zero-order valence-electron chi connectivity index (χ0n) is 17.6. The molecular weight excluding hydrogens is 418 g/mol. The fourth-order valence-corrected chi connectivity index (χ4v) is 5.71. The van der Waals surface area contributed by atoms with Crippen molar-refractivity contribution in [2.24, 2.45) is 0 Å². The number of carbonyl (C=O) groups is 1. The zero-order valence-corrected chi connectivity index (χ0v) is 18.4. The predicted octanol–water partition coefficient (Wildman–Crippen LogP) is 3.65. The molecule has 1 aliphatic rings. The highest BCUT2D eigenvalue weighted by molar-refractivity contribution is 7.92. The molecule has 2 N–H and O–H groups in total. The minimum Gasteiger partial charge on any atom is -0.462 e. The van der Waals surface area contributed by atoms with Crippen LogP contribution < -0.4 is 10.2 Å². The predicted molar refractivity (Wildman–Crippen MR) is 116 cm³/mol. The molecule has 7 nitrogen and oxygen atoms in total. The number of amides is 1. The van der Waals surface area contributed by atoms with E-state index < -0.39 is 26.8 Å². The van der Waals surface area contributed by atoms with E-state index in [1.165, 1.54) is 12.1 Å². The van der Waals surface area contributed by atoms with Gasteiger partial charge in [0.15, 0.2) is 9.84 Å². The highest BCUT2D eigenvalue weighted by atomic mass is 32.2. The van der Waals surface area contributed by atoms with Crippen molar-refractivity contribution in [3.63, 3.8) is 0 Å². The number of hydrogen-bond donors (Lipinski definition) is 2. The number of nitrogens with one attached hydrogen (secondary N) is 1. The van der Waals surface area contributed by atoms with E-state index in [0.717, 1.165) is 31.2 Å². The van der Waals surface area contributed by atoms with Gasteiger partial charge >= 0.3 is 0 Å². The van der Waals surface area contributed by atoms with Gasteiger partial charge in [0, 0.05) is 26.4 Å². The number of hydroxylamine groups is 1. The van der Waals surface area contributed by atoms with Crippen LogP contribution in [0.3, 0.4) is 0 Å². The van der Waals surface area contributed by atoms with Gasteiger partial charge in [-0.2, -0.15) is 0 Å². The van der Waals surface area contributed by atoms with Gasteiger partial charge in [-0.3, -0.25) is 10.0 Å². The zero-order chi connectivity index (χ0) is 22.3. The molecule has 1 atom stereocenters. The van der Waals surface area contributed by atoms with Crippen molar-refractivity contribution in [2.45, 2.75) is 60.9 Å². The van der Waals surface area contributed by atoms with Crippen LogP contribution in [0.25, 0.3) is 0 Å². The van der Waals surface area contributed by atoms with Crippen LogP contribution in [0.15, 0.2) is 59.5 Å². The van der Waals surface area contributed by atoms with Crippen LogP contribution in [-0.4, -0.2) is 37.7 Å². The summed E-state index contributed by atoms with van der Waals surface area (Å²) in [7, 11) is -2.26. The maximum atomic E-state index is 13.4. The quantitative estimate of drug-likeness (QED) is 0.327. The summed E-state index contributed by atoms with van der Waals surface area (Å²) in [5, 5.41) is 7.95. The number of methoxy groups -OCH3 is 1. The largest absolute Gasteiger partial charge is 0.462 e. The van der Waals surface area contributed by atoms with Crippen molar-refractivity contribution in [3.8, 4) is 5.75 Å². The van der Waals surface area contributed by atoms with E-state index in [-0.39, 0.29) is 17.7 Å². The molecule has 1 unspecified atom stereocenters. The van der Waals surface area contributed by atoms with Crippen molar-refractivity contribution >= 4 is 15.7 Å². The van der Waals surface area contributed by atoms with Crippen LogP contribution in [0.2, 0.25) is 0 Å². The number of sulfone groups is 1. The van der Waals surface area contributed by atoms with Gasteiger partial charge < -0.3 is 9.47 Å². The maximum Gasteiger partial charge on any atom is 0.244 e. The fraction of sp³-hybridized carbons (Fsp3) is 0.435. The third kappa shape index (κ3) is 5.84. The van der Waals surface area contributed by atoms with Gasteiger partial charge in [0.1, 0.15) is 5.75 Å². The molecule has 0 spiro atoms. The molecular formula is C23H29NO6S. The van der Waals surface area contributed by atoms with E-state index in [1.54, 1.807) is 24.7 Å². The number of ether oxygens (including phenoxy) is 2. The van der Waals surface area contributed by atoms with Crippen LogP contribution in [-0.2, 0) is 25.8 Å². The number of carbonyl (C=O) groups excluding carboxylic acids is 1. The Balaban J connectivity index is 1.83. The van der Waals surface area contributed by atoms with E-state index >= 15 is 0 Å². The van der Waals surface area contributed by atoms with Crippen molar-refractivity contribution in [3.05, 3.63) is 60.2 Å². The topological polar surface area (TPSA) is 102 Å². The van der Waals surface area contributed by atoms with Crippen molar-refractivity contribution in [1.29, 1.82) is 0 Å². The summed E-state index contributed by atoms with van der Waals surface area (Å²) in [5.41, 5.74) is 2.52. The highest BCUT2D eigenvalue weighted by Crippen LogP contribution is 2.36. The van der Waals surface area contributed by atoms with Crippen molar-refractivity contribution in [1.82, 2.24) is 5.48 Å². The van der Waals surface area contributed by atoms with Crippen LogP contribution >= 0.6 is 0 Å². The maximum absolute atomic E-state index is 13.4. The Morgan fingerprint density at radius 3 is 2.48 bits per heavy atom. The van der Waals surface area contributed by atoms with Crippen LogP contribution in [0, 0.1) is 0 Å². The molecule has 0 aromatic heterocycles. The third-order valence-electron chi connectivity index (χ3n) is 5.75. The lowest BCUT2D eigenvalue weighted by molar-refractivity contribution is -0.157. The first-order chi connectivity index (χ1) is 14.9. The average Bonchev–Trinajstić information content (AvgIpc) is 3.26. The first-order valence-corrected chi connectivity index (χ1v) is 12.0. The second kappa shape index (κ2) is 10.3. The lowest BCUT2D eigenvalue weighted by atomic mass is 10.1. The summed E-state index contributed by atoms with van der Waals surface area (Å²) < 4.78 is 38.4. The number of rotatable bonds is 10. The highest BCUT2D eigenvalue weighted by Gasteiger charge is 2.36. The molecule has 1 saturated carbocycles. The summed E-state index contributed by atoms with van der Waals surface area (Å²) in [6, 6.07) is 15.8. The lowest BCUT2D eigenvalue weighted by Crippen LogP contribution is -2.34. The molecule has 1 fully saturated rings. The normalized spacial score (nSPS) is 16.6. The van der Waals surface area contributed by atoms with E-state index in [9.17, 15) is 13.2 Å². The van der Waals surface area contributed by atoms with Gasteiger partial charge in [0.05, 0.1) is 10.1 Å². The van der Waals surface area contributed by atoms with Crippen molar-refractivity contribution < 1.29 is 27.9 Å². The SMILES string of the molecule is COC1(Oc2cccc(S(=O)(=O)C(CCc3ccccc3)CC(=O)NO)c2)CCCC1. The molecule has 0 radical (unpaired) electrons. The first-order valence-electron chi connectivity index (χ1n) is 10.4. The summed E-state index contributed by atoms with van der Waals surface area (Å²) in [4.78, 5) is 11.9. The smallest absolute Gasteiger partial charge is 0.244 e. The van der Waals surface area contributed by atoms with Crippen molar-refractivity contribution in [2.75, 3.05) is 7.11 Å². The minimum atomic E-state index is -3.85. The number of aryl methyl sites for hydroxylation is 1. The van der Waals surface area contributed by atoms with Gasteiger partial charge in [-0.1, -0.05) is 36.4 Å². The molecule has 8 heteroatoms. The molecule has 0 heterocycles. The minimum absolute atomic E-state index is 0.0815. The number of benzene rings is 2. The fourth-order valence-electron chi connectivity index (χ4n) is 3.98. The molecule has 3 rings (SSSR count). The summed E-state index contributed by atoms with van der Waals surface area (Å²) in [6.07, 6.45) is 3.87. The standard InChI is InChI=1S/C23H29NO6S/c1-29-23(14-5-6-15-23)30-19-10-7-11-20(16-19)31(27,28)21(17-22(25)24-26)13-12-18-8-3-2-4-9-18/h2-4,7-11,16,21,26H,5-6,12-15,17H2,1H3,(H,24,25). The molecule has 1 amide bonds. The third-order valence-corrected chi connectivity index (χ3v) is 7.94. The average molecular weight is 448 g/mol. The number of hydrogen-bond acceptors (Lipinski definition) is 6. The second-order valence-corrected chi connectivity index (χ2v) is 10.1. The van der Waals surface area contributed by atoms with Gasteiger partial charge in [-0.15, -0.1) is 0 Å². The van der Waals surface area contributed by atoms with E-state index in [1.807, 2.05) is 30.3 Å². The molecule has 1 aliphatic carbocycles.